The first-order valence-corrected chi connectivity index (χ1v) is 13.9. The fraction of sp³-hybridized carbons (Fsp3) is 0.393. The molecule has 6 rings (SSSR count). The molecular weight excluding hydrogens is 570 g/mol. The zero-order valence-corrected chi connectivity index (χ0v) is 23.8. The topological polar surface area (TPSA) is 113 Å². The van der Waals surface area contributed by atoms with E-state index in [-0.39, 0.29) is 34.5 Å². The van der Waals surface area contributed by atoms with Crippen molar-refractivity contribution in [1.29, 1.82) is 0 Å². The summed E-state index contributed by atoms with van der Waals surface area (Å²) in [5.41, 5.74) is 0.699. The number of amides is 1. The van der Waals surface area contributed by atoms with E-state index in [1.165, 1.54) is 31.5 Å². The average Bonchev–Trinajstić information content (AvgIpc) is 3.60. The molecule has 0 saturated carbocycles. The molecule has 0 radical (unpaired) electrons. The van der Waals surface area contributed by atoms with E-state index < -0.39 is 18.1 Å². The number of carbonyl (C=O) groups excluding carboxylic acids is 1. The summed E-state index contributed by atoms with van der Waals surface area (Å²) in [6.45, 7) is 8.06. The number of anilines is 1. The number of H-pyrrole nitrogens is 1. The van der Waals surface area contributed by atoms with E-state index in [2.05, 4.69) is 26.7 Å². The number of nitrogens with zero attached hydrogens (tertiary/aromatic N) is 7. The molecule has 42 heavy (non-hydrogen) atoms. The Morgan fingerprint density at radius 1 is 1.24 bits per heavy atom. The quantitative estimate of drug-likeness (QED) is 0.316. The van der Waals surface area contributed by atoms with Crippen molar-refractivity contribution in [1.82, 2.24) is 34.9 Å². The Balaban J connectivity index is 1.43. The van der Waals surface area contributed by atoms with Gasteiger partial charge in [-0.2, -0.15) is 15.1 Å². The van der Waals surface area contributed by atoms with Crippen LogP contribution in [-0.4, -0.2) is 99.4 Å². The second kappa shape index (κ2) is 11.3. The molecule has 220 valence electrons. The third kappa shape index (κ3) is 5.18. The van der Waals surface area contributed by atoms with Crippen molar-refractivity contribution in [2.45, 2.75) is 19.2 Å². The summed E-state index contributed by atoms with van der Waals surface area (Å²) in [5, 5.41) is 7.52. The van der Waals surface area contributed by atoms with E-state index in [1.54, 1.807) is 11.0 Å². The molecule has 0 aliphatic carbocycles. The minimum atomic E-state index is -1.09. The molecule has 3 atom stereocenters. The Bertz CT molecular complexity index is 1660. The van der Waals surface area contributed by atoms with Crippen LogP contribution in [0.1, 0.15) is 6.92 Å². The zero-order chi connectivity index (χ0) is 29.5. The zero-order valence-electron chi connectivity index (χ0n) is 23.1. The van der Waals surface area contributed by atoms with Gasteiger partial charge >= 0.3 is 6.01 Å². The number of nitrogens with one attached hydrogen (secondary N) is 1. The highest BCUT2D eigenvalue weighted by atomic mass is 35.5. The van der Waals surface area contributed by atoms with Crippen molar-refractivity contribution in [3.63, 3.8) is 0 Å². The minimum absolute atomic E-state index is 0.0309. The molecule has 4 aromatic rings. The second-order valence-corrected chi connectivity index (χ2v) is 10.9. The molecule has 11 nitrogen and oxygen atoms in total. The molecule has 2 fully saturated rings. The van der Waals surface area contributed by atoms with Gasteiger partial charge in [-0.3, -0.25) is 9.89 Å². The maximum atomic E-state index is 14.6. The van der Waals surface area contributed by atoms with Crippen molar-refractivity contribution in [2.75, 3.05) is 51.2 Å². The van der Waals surface area contributed by atoms with E-state index in [0.29, 0.717) is 66.9 Å². The van der Waals surface area contributed by atoms with Gasteiger partial charge in [0.2, 0.25) is 11.8 Å². The summed E-state index contributed by atoms with van der Waals surface area (Å²) in [7, 11) is 1.91. The highest BCUT2D eigenvalue weighted by molar-refractivity contribution is 6.33. The molecule has 2 aliphatic rings. The number of hydrogen-bond donors (Lipinski definition) is 1. The van der Waals surface area contributed by atoms with Gasteiger partial charge in [0.1, 0.15) is 34.5 Å². The number of rotatable bonds is 7. The Morgan fingerprint density at radius 3 is 2.76 bits per heavy atom. The second-order valence-electron chi connectivity index (χ2n) is 10.5. The van der Waals surface area contributed by atoms with Crippen LogP contribution >= 0.6 is 11.6 Å². The average molecular weight is 599 g/mol. The summed E-state index contributed by atoms with van der Waals surface area (Å²) in [6.07, 6.45) is 2.74. The Hall–Kier alpha value is -4.10. The van der Waals surface area contributed by atoms with Crippen LogP contribution in [0.5, 0.6) is 17.6 Å². The van der Waals surface area contributed by atoms with Gasteiger partial charge in [0.05, 0.1) is 22.5 Å². The van der Waals surface area contributed by atoms with Crippen molar-refractivity contribution in [2.24, 2.45) is 5.92 Å². The number of ether oxygens (including phenoxy) is 2. The van der Waals surface area contributed by atoms with Crippen molar-refractivity contribution in [3.8, 4) is 17.6 Å². The molecule has 2 unspecified atom stereocenters. The van der Waals surface area contributed by atoms with E-state index >= 15 is 0 Å². The van der Waals surface area contributed by atoms with Crippen LogP contribution in [-0.2, 0) is 4.79 Å². The van der Waals surface area contributed by atoms with Crippen LogP contribution in [0, 0.1) is 11.7 Å². The molecular formula is C28H29ClF2N8O3. The van der Waals surface area contributed by atoms with Crippen LogP contribution < -0.4 is 14.4 Å². The summed E-state index contributed by atoms with van der Waals surface area (Å²) in [5.74, 6) is -0.565. The predicted octanol–water partition coefficient (Wildman–Crippen LogP) is 3.99. The van der Waals surface area contributed by atoms with Crippen molar-refractivity contribution >= 4 is 45.1 Å². The standard InChI is InChI=1S/C28H29ClF2N8O3/c1-4-22(40)38-7-9-39(10-8-38)26-16-5-6-32-27(42-25-17-12-33-36-20(17)11-19(31)23(25)29)24(16)34-28(35-26)41-21-14-37(3)13-18(21)15(2)30/h4-6,11-12,15,18,21H,1,7-10,13-14H2,2-3H3,(H,33,36)/t15?,18-,21?/m0/s1. The summed E-state index contributed by atoms with van der Waals surface area (Å²) >= 11 is 6.32. The third-order valence-electron chi connectivity index (χ3n) is 7.74. The van der Waals surface area contributed by atoms with Gasteiger partial charge in [-0.1, -0.05) is 18.2 Å². The number of likely N-dealkylation sites (tertiary alicyclic amines) is 1. The molecule has 5 heterocycles. The predicted molar refractivity (Wildman–Crippen MR) is 153 cm³/mol. The third-order valence-corrected chi connectivity index (χ3v) is 8.09. The Labute approximate surface area is 245 Å². The van der Waals surface area contributed by atoms with Gasteiger partial charge < -0.3 is 24.2 Å². The first-order valence-electron chi connectivity index (χ1n) is 13.5. The van der Waals surface area contributed by atoms with Crippen molar-refractivity contribution in [3.05, 3.63) is 48.0 Å². The number of carbonyl (C=O) groups is 1. The fourth-order valence-corrected chi connectivity index (χ4v) is 5.72. The lowest BCUT2D eigenvalue weighted by Gasteiger charge is -2.35. The number of likely N-dealkylation sites (N-methyl/N-ethyl adjacent to an activating group) is 1. The molecule has 2 aliphatic heterocycles. The molecule has 0 spiro atoms. The molecule has 3 aromatic heterocycles. The summed E-state index contributed by atoms with van der Waals surface area (Å²) in [6, 6.07) is 3.02. The first kappa shape index (κ1) is 28.0. The normalized spacial score (nSPS) is 20.3. The van der Waals surface area contributed by atoms with Crippen LogP contribution in [0.3, 0.4) is 0 Å². The number of piperazine rings is 1. The molecule has 1 aromatic carbocycles. The van der Waals surface area contributed by atoms with E-state index in [9.17, 15) is 13.6 Å². The first-order chi connectivity index (χ1) is 20.2. The monoisotopic (exact) mass is 598 g/mol. The molecule has 14 heteroatoms. The number of aromatic nitrogens is 5. The highest BCUT2D eigenvalue weighted by Gasteiger charge is 2.37. The van der Waals surface area contributed by atoms with Crippen LogP contribution in [0.4, 0.5) is 14.6 Å². The van der Waals surface area contributed by atoms with Crippen molar-refractivity contribution < 1.29 is 23.0 Å². The number of pyridine rings is 1. The highest BCUT2D eigenvalue weighted by Crippen LogP contribution is 2.40. The maximum Gasteiger partial charge on any atom is 0.319 e. The molecule has 1 amide bonds. The van der Waals surface area contributed by atoms with Crippen LogP contribution in [0.25, 0.3) is 21.8 Å². The van der Waals surface area contributed by atoms with Gasteiger partial charge in [0, 0.05) is 57.4 Å². The van der Waals surface area contributed by atoms with Gasteiger partial charge in [-0.15, -0.1) is 0 Å². The molecule has 0 bridgehead atoms. The van der Waals surface area contributed by atoms with Crippen LogP contribution in [0.15, 0.2) is 37.2 Å². The van der Waals surface area contributed by atoms with Gasteiger partial charge in [-0.05, 0) is 26.1 Å². The number of aromatic amines is 1. The number of alkyl halides is 1. The minimum Gasteiger partial charge on any atom is -0.458 e. The molecule has 2 saturated heterocycles. The van der Waals surface area contributed by atoms with Gasteiger partial charge in [0.15, 0.2) is 5.75 Å². The number of halogens is 3. The Kier molecular flexibility index (Phi) is 7.54. The van der Waals surface area contributed by atoms with Crippen LogP contribution in [0.2, 0.25) is 5.02 Å². The van der Waals surface area contributed by atoms with E-state index in [1.807, 2.05) is 16.8 Å². The lowest BCUT2D eigenvalue weighted by Crippen LogP contribution is -2.48. The van der Waals surface area contributed by atoms with Gasteiger partial charge in [0.25, 0.3) is 0 Å². The maximum absolute atomic E-state index is 14.6. The van der Waals surface area contributed by atoms with Gasteiger partial charge in [-0.25, -0.2) is 13.8 Å². The fourth-order valence-electron chi connectivity index (χ4n) is 5.53. The molecule has 1 N–H and O–H groups in total. The SMILES string of the molecule is C=CC(=O)N1CCN(c2nc(OC3CN(C)C[C@H]3C(C)F)nc3c(Oc4c(Cl)c(F)cc5[nH]ncc45)nccc23)CC1. The number of fused-ring (bicyclic) bond motifs is 2. The smallest absolute Gasteiger partial charge is 0.319 e. The lowest BCUT2D eigenvalue weighted by atomic mass is 10.0. The lowest BCUT2D eigenvalue weighted by molar-refractivity contribution is -0.126. The van der Waals surface area contributed by atoms with E-state index in [0.717, 1.165) is 0 Å². The number of benzene rings is 1. The van der Waals surface area contributed by atoms with E-state index in [4.69, 9.17) is 26.1 Å². The summed E-state index contributed by atoms with van der Waals surface area (Å²) < 4.78 is 41.5. The Morgan fingerprint density at radius 2 is 2.02 bits per heavy atom. The largest absolute Gasteiger partial charge is 0.458 e. The summed E-state index contributed by atoms with van der Waals surface area (Å²) in [4.78, 5) is 31.7. The number of hydrogen-bond acceptors (Lipinski definition) is 9.